The minimum Gasteiger partial charge on any atom is -0.493 e. The largest absolute Gasteiger partial charge is 0.493 e. The molecule has 0 bridgehead atoms. The number of nitrogens with zero attached hydrogens (tertiary/aromatic N) is 1. The van der Waals surface area contributed by atoms with Gasteiger partial charge in [-0.1, -0.05) is 35.6 Å². The summed E-state index contributed by atoms with van der Waals surface area (Å²) in [6.07, 6.45) is 0.964. The number of thiazole rings is 1. The molecule has 0 radical (unpaired) electrons. The molecular weight excluding hydrogens is 280 g/mol. The Bertz CT molecular complexity index is 796. The summed E-state index contributed by atoms with van der Waals surface area (Å²) >= 11 is 1.72. The highest BCUT2D eigenvalue weighted by atomic mass is 32.1. The number of ether oxygens (including phenoxy) is 1. The van der Waals surface area contributed by atoms with Crippen molar-refractivity contribution in [2.45, 2.75) is 19.4 Å². The van der Waals surface area contributed by atoms with E-state index >= 15 is 0 Å². The van der Waals surface area contributed by atoms with Crippen LogP contribution < -0.4 is 10.1 Å². The molecule has 3 aromatic rings. The molecule has 2 aromatic carbocycles. The Hall–Kier alpha value is -2.07. The van der Waals surface area contributed by atoms with Crippen LogP contribution in [0.4, 0.5) is 5.13 Å². The van der Waals surface area contributed by atoms with E-state index in [9.17, 15) is 0 Å². The molecule has 0 aliphatic carbocycles. The second-order valence-electron chi connectivity index (χ2n) is 5.36. The van der Waals surface area contributed by atoms with Gasteiger partial charge >= 0.3 is 0 Å². The molecule has 1 aliphatic rings. The predicted octanol–water partition coefficient (Wildman–Crippen LogP) is 4.54. The number of aromatic nitrogens is 1. The quantitative estimate of drug-likeness (QED) is 0.754. The fourth-order valence-electron chi connectivity index (χ4n) is 2.73. The number of para-hydroxylation sites is 1. The molecule has 4 rings (SSSR count). The minimum atomic E-state index is 0.275. The maximum Gasteiger partial charge on any atom is 0.184 e. The van der Waals surface area contributed by atoms with Crippen LogP contribution in [0.15, 0.2) is 42.5 Å². The molecule has 1 unspecified atom stereocenters. The van der Waals surface area contributed by atoms with Crippen molar-refractivity contribution in [3.05, 3.63) is 53.6 Å². The molecule has 4 heteroatoms. The van der Waals surface area contributed by atoms with Crippen LogP contribution >= 0.6 is 11.3 Å². The van der Waals surface area contributed by atoms with Crippen LogP contribution in [0, 0.1) is 6.92 Å². The predicted molar refractivity (Wildman–Crippen MR) is 87.3 cm³/mol. The number of aryl methyl sites for hydroxylation is 1. The van der Waals surface area contributed by atoms with E-state index in [0.717, 1.165) is 29.4 Å². The summed E-state index contributed by atoms with van der Waals surface area (Å²) < 4.78 is 6.94. The van der Waals surface area contributed by atoms with E-state index in [-0.39, 0.29) is 6.04 Å². The maximum atomic E-state index is 5.71. The molecule has 0 amide bonds. The van der Waals surface area contributed by atoms with Crippen LogP contribution in [0.25, 0.3) is 10.2 Å². The average molecular weight is 296 g/mol. The van der Waals surface area contributed by atoms with E-state index in [4.69, 9.17) is 4.74 Å². The van der Waals surface area contributed by atoms with Crippen molar-refractivity contribution in [2.24, 2.45) is 0 Å². The van der Waals surface area contributed by atoms with Gasteiger partial charge in [-0.15, -0.1) is 0 Å². The first kappa shape index (κ1) is 12.7. The van der Waals surface area contributed by atoms with Gasteiger partial charge in [-0.2, -0.15) is 0 Å². The molecule has 0 saturated heterocycles. The van der Waals surface area contributed by atoms with Gasteiger partial charge in [-0.05, 0) is 30.7 Å². The van der Waals surface area contributed by atoms with Gasteiger partial charge < -0.3 is 10.1 Å². The summed E-state index contributed by atoms with van der Waals surface area (Å²) in [4.78, 5) is 4.69. The van der Waals surface area contributed by atoms with Gasteiger partial charge in [0, 0.05) is 12.0 Å². The van der Waals surface area contributed by atoms with Crippen molar-refractivity contribution < 1.29 is 4.74 Å². The van der Waals surface area contributed by atoms with Crippen molar-refractivity contribution in [2.75, 3.05) is 11.9 Å². The van der Waals surface area contributed by atoms with Gasteiger partial charge in [0.1, 0.15) is 5.75 Å². The smallest absolute Gasteiger partial charge is 0.184 e. The first-order valence-electron chi connectivity index (χ1n) is 7.15. The summed E-state index contributed by atoms with van der Waals surface area (Å²) in [5.74, 6) is 0.984. The van der Waals surface area contributed by atoms with E-state index in [1.807, 2.05) is 12.1 Å². The Morgan fingerprint density at radius 3 is 3.10 bits per heavy atom. The van der Waals surface area contributed by atoms with Crippen LogP contribution in [0.2, 0.25) is 0 Å². The third-order valence-electron chi connectivity index (χ3n) is 3.80. The van der Waals surface area contributed by atoms with Gasteiger partial charge in [0.05, 0.1) is 22.9 Å². The van der Waals surface area contributed by atoms with E-state index < -0.39 is 0 Å². The third-order valence-corrected chi connectivity index (χ3v) is 4.75. The molecule has 2 heterocycles. The first-order valence-corrected chi connectivity index (χ1v) is 7.97. The lowest BCUT2D eigenvalue weighted by molar-refractivity contribution is 0.274. The molecule has 1 aliphatic heterocycles. The van der Waals surface area contributed by atoms with Crippen molar-refractivity contribution >= 4 is 26.7 Å². The zero-order valence-electron chi connectivity index (χ0n) is 11.8. The number of hydrogen-bond donors (Lipinski definition) is 1. The van der Waals surface area contributed by atoms with Gasteiger partial charge in [-0.25, -0.2) is 4.98 Å². The zero-order valence-corrected chi connectivity index (χ0v) is 12.6. The molecule has 0 fully saturated rings. The lowest BCUT2D eigenvalue weighted by atomic mass is 10.0. The molecule has 1 aromatic heterocycles. The standard InChI is InChI=1S/C17H16N2OS/c1-11-6-7-14-16(10-11)21-17(19-14)18-13-8-9-20-15-5-3-2-4-12(13)15/h2-7,10,13H,8-9H2,1H3,(H,18,19). The van der Waals surface area contributed by atoms with Crippen LogP contribution in [0.1, 0.15) is 23.6 Å². The number of benzene rings is 2. The second kappa shape index (κ2) is 5.04. The van der Waals surface area contributed by atoms with Crippen LogP contribution in [-0.2, 0) is 0 Å². The molecular formula is C17H16N2OS. The Kier molecular flexibility index (Phi) is 3.04. The number of fused-ring (bicyclic) bond motifs is 2. The molecule has 106 valence electrons. The van der Waals surface area contributed by atoms with Gasteiger partial charge in [0.25, 0.3) is 0 Å². The molecule has 0 spiro atoms. The summed E-state index contributed by atoms with van der Waals surface area (Å²) in [6.45, 7) is 2.86. The van der Waals surface area contributed by atoms with E-state index in [1.165, 1.54) is 15.8 Å². The Morgan fingerprint density at radius 2 is 2.14 bits per heavy atom. The Labute approximate surface area is 127 Å². The Balaban J connectivity index is 1.66. The summed E-state index contributed by atoms with van der Waals surface area (Å²) in [7, 11) is 0. The van der Waals surface area contributed by atoms with Crippen molar-refractivity contribution in [1.82, 2.24) is 4.98 Å². The number of rotatable bonds is 2. The molecule has 3 nitrogen and oxygen atoms in total. The van der Waals surface area contributed by atoms with E-state index in [0.29, 0.717) is 0 Å². The maximum absolute atomic E-state index is 5.71. The summed E-state index contributed by atoms with van der Waals surface area (Å²) in [6, 6.07) is 14.9. The topological polar surface area (TPSA) is 34.2 Å². The third kappa shape index (κ3) is 2.36. The van der Waals surface area contributed by atoms with Gasteiger partial charge in [0.15, 0.2) is 5.13 Å². The average Bonchev–Trinajstić information content (AvgIpc) is 2.89. The molecule has 0 saturated carbocycles. The monoisotopic (exact) mass is 296 g/mol. The van der Waals surface area contributed by atoms with Crippen molar-refractivity contribution in [1.29, 1.82) is 0 Å². The molecule has 21 heavy (non-hydrogen) atoms. The number of anilines is 1. The highest BCUT2D eigenvalue weighted by molar-refractivity contribution is 7.22. The van der Waals surface area contributed by atoms with E-state index in [2.05, 4.69) is 47.6 Å². The number of nitrogens with one attached hydrogen (secondary N) is 1. The van der Waals surface area contributed by atoms with Crippen molar-refractivity contribution in [3.63, 3.8) is 0 Å². The van der Waals surface area contributed by atoms with Crippen LogP contribution in [-0.4, -0.2) is 11.6 Å². The number of hydrogen-bond acceptors (Lipinski definition) is 4. The molecule has 1 N–H and O–H groups in total. The fourth-order valence-corrected chi connectivity index (χ4v) is 3.75. The zero-order chi connectivity index (χ0) is 14.2. The highest BCUT2D eigenvalue weighted by Crippen LogP contribution is 2.36. The minimum absolute atomic E-state index is 0.275. The Morgan fingerprint density at radius 1 is 1.24 bits per heavy atom. The normalized spacial score (nSPS) is 17.3. The van der Waals surface area contributed by atoms with Crippen molar-refractivity contribution in [3.8, 4) is 5.75 Å². The molecule has 1 atom stereocenters. The SMILES string of the molecule is Cc1ccc2nc(NC3CCOc4ccccc43)sc2c1. The summed E-state index contributed by atoms with van der Waals surface area (Å²) in [5, 5.41) is 4.56. The lowest BCUT2D eigenvalue weighted by Gasteiger charge is -2.26. The first-order chi connectivity index (χ1) is 10.3. The van der Waals surface area contributed by atoms with Crippen LogP contribution in [0.5, 0.6) is 5.75 Å². The van der Waals surface area contributed by atoms with E-state index in [1.54, 1.807) is 11.3 Å². The highest BCUT2D eigenvalue weighted by Gasteiger charge is 2.21. The fraction of sp³-hybridized carbons (Fsp3) is 0.235. The van der Waals surface area contributed by atoms with Gasteiger partial charge in [0.2, 0.25) is 0 Å². The summed E-state index contributed by atoms with van der Waals surface area (Å²) in [5.41, 5.74) is 3.56. The van der Waals surface area contributed by atoms with Crippen LogP contribution in [0.3, 0.4) is 0 Å². The van der Waals surface area contributed by atoms with Gasteiger partial charge in [-0.3, -0.25) is 0 Å². The lowest BCUT2D eigenvalue weighted by Crippen LogP contribution is -2.20. The second-order valence-corrected chi connectivity index (χ2v) is 6.39.